The topological polar surface area (TPSA) is 124 Å². The van der Waals surface area contributed by atoms with Gasteiger partial charge in [0.15, 0.2) is 11.9 Å². The van der Waals surface area contributed by atoms with Gasteiger partial charge in [-0.25, -0.2) is 9.59 Å². The fourth-order valence-corrected chi connectivity index (χ4v) is 3.80. The van der Waals surface area contributed by atoms with Gasteiger partial charge in [-0.2, -0.15) is 0 Å². The second kappa shape index (κ2) is 9.88. The summed E-state index contributed by atoms with van der Waals surface area (Å²) in [6.45, 7) is 1.83. The van der Waals surface area contributed by atoms with Crippen LogP contribution in [0.2, 0.25) is 0 Å². The number of fused-ring (bicyclic) bond motifs is 1. The third-order valence-electron chi connectivity index (χ3n) is 5.45. The summed E-state index contributed by atoms with van der Waals surface area (Å²) < 4.78 is 22.1. The van der Waals surface area contributed by atoms with Crippen molar-refractivity contribution < 1.29 is 33.3 Å². The Bertz CT molecular complexity index is 1030. The third-order valence-corrected chi connectivity index (χ3v) is 5.45. The van der Waals surface area contributed by atoms with Crippen molar-refractivity contribution in [3.63, 3.8) is 0 Å². The van der Waals surface area contributed by atoms with Crippen LogP contribution in [0.4, 0.5) is 21.0 Å². The summed E-state index contributed by atoms with van der Waals surface area (Å²) in [6.07, 6.45) is -2.24. The van der Waals surface area contributed by atoms with Gasteiger partial charge < -0.3 is 29.6 Å². The number of methoxy groups -OCH3 is 1. The molecule has 0 spiro atoms. The van der Waals surface area contributed by atoms with Crippen LogP contribution < -0.4 is 20.7 Å². The molecule has 0 bridgehead atoms. The van der Waals surface area contributed by atoms with Crippen molar-refractivity contribution in [3.05, 3.63) is 54.1 Å². The van der Waals surface area contributed by atoms with E-state index in [4.69, 9.17) is 18.9 Å². The molecule has 0 saturated carbocycles. The molecule has 174 valence electrons. The van der Waals surface area contributed by atoms with Crippen LogP contribution in [-0.2, 0) is 14.2 Å². The summed E-state index contributed by atoms with van der Waals surface area (Å²) >= 11 is 0. The van der Waals surface area contributed by atoms with Gasteiger partial charge >= 0.3 is 12.1 Å². The van der Waals surface area contributed by atoms with Crippen LogP contribution in [-0.4, -0.2) is 62.6 Å². The lowest BCUT2D eigenvalue weighted by Crippen LogP contribution is -2.46. The number of hydrogen-bond acceptors (Lipinski definition) is 7. The largest absolute Gasteiger partial charge is 0.497 e. The van der Waals surface area contributed by atoms with Gasteiger partial charge in [-0.3, -0.25) is 10.1 Å². The lowest BCUT2D eigenvalue weighted by molar-refractivity contribution is 0.00873. The summed E-state index contributed by atoms with van der Waals surface area (Å²) in [5.41, 5.74) is 1.55. The van der Waals surface area contributed by atoms with E-state index < -0.39 is 36.5 Å². The maximum absolute atomic E-state index is 12.4. The molecule has 0 aliphatic carbocycles. The van der Waals surface area contributed by atoms with Crippen LogP contribution >= 0.6 is 0 Å². The summed E-state index contributed by atoms with van der Waals surface area (Å²) in [6, 6.07) is 12.7. The van der Waals surface area contributed by atoms with Gasteiger partial charge in [-0.05, 0) is 43.3 Å². The van der Waals surface area contributed by atoms with Gasteiger partial charge in [0.05, 0.1) is 26.4 Å². The predicted octanol–water partition coefficient (Wildman–Crippen LogP) is 2.80. The maximum atomic E-state index is 12.4. The third kappa shape index (κ3) is 5.41. The van der Waals surface area contributed by atoms with E-state index in [-0.39, 0.29) is 19.0 Å². The molecule has 4 rings (SSSR count). The van der Waals surface area contributed by atoms with Crippen molar-refractivity contribution >= 4 is 29.3 Å². The molecule has 4 atom stereocenters. The van der Waals surface area contributed by atoms with E-state index in [1.807, 2.05) is 0 Å². The summed E-state index contributed by atoms with van der Waals surface area (Å²) in [5, 5.41) is 8.20. The molecular formula is C23H25N3O7. The molecule has 2 aliphatic heterocycles. The minimum absolute atomic E-state index is 0.104. The van der Waals surface area contributed by atoms with Crippen molar-refractivity contribution in [1.29, 1.82) is 0 Å². The van der Waals surface area contributed by atoms with Crippen molar-refractivity contribution in [2.45, 2.75) is 31.3 Å². The number of benzene rings is 2. The van der Waals surface area contributed by atoms with Gasteiger partial charge in [0.1, 0.15) is 18.0 Å². The van der Waals surface area contributed by atoms with Gasteiger partial charge in [0.2, 0.25) is 0 Å². The SMILES string of the molecule is COc1ccc(NC(=O)N[C@H]2CO[C@H]3[C@@H]2OC[C@H]3OC(=O)Nc2cccc(C(C)=O)c2)cc1. The highest BCUT2D eigenvalue weighted by molar-refractivity contribution is 5.96. The number of hydrogen-bond donors (Lipinski definition) is 3. The smallest absolute Gasteiger partial charge is 0.412 e. The van der Waals surface area contributed by atoms with E-state index in [1.54, 1.807) is 55.6 Å². The molecule has 2 aliphatic rings. The second-order valence-corrected chi connectivity index (χ2v) is 7.74. The Morgan fingerprint density at radius 2 is 1.70 bits per heavy atom. The highest BCUT2D eigenvalue weighted by Crippen LogP contribution is 2.29. The van der Waals surface area contributed by atoms with Gasteiger partial charge in [0, 0.05) is 16.9 Å². The molecule has 3 N–H and O–H groups in total. The number of carbonyl (C=O) groups is 3. The molecule has 2 aromatic carbocycles. The van der Waals surface area contributed by atoms with Crippen LogP contribution in [0.25, 0.3) is 0 Å². The van der Waals surface area contributed by atoms with E-state index in [9.17, 15) is 14.4 Å². The predicted molar refractivity (Wildman–Crippen MR) is 119 cm³/mol. The first-order valence-electron chi connectivity index (χ1n) is 10.5. The summed E-state index contributed by atoms with van der Waals surface area (Å²) in [7, 11) is 1.57. The number of urea groups is 1. The van der Waals surface area contributed by atoms with Crippen LogP contribution in [0.5, 0.6) is 5.75 Å². The number of ketones is 1. The zero-order chi connectivity index (χ0) is 23.4. The highest BCUT2D eigenvalue weighted by atomic mass is 16.6. The molecule has 3 amide bonds. The minimum atomic E-state index is -0.679. The standard InChI is InChI=1S/C23H25N3O7/c1-13(27)14-4-3-5-16(10-14)25-23(29)33-19-12-32-20-18(11-31-21(19)20)26-22(28)24-15-6-8-17(30-2)9-7-15/h3-10,18-21H,11-12H2,1-2H3,(H,25,29)(H2,24,26,28)/t18-,19+,20+,21+/m0/s1. The average molecular weight is 455 g/mol. The lowest BCUT2D eigenvalue weighted by atomic mass is 10.1. The first-order valence-corrected chi connectivity index (χ1v) is 10.5. The van der Waals surface area contributed by atoms with E-state index in [1.165, 1.54) is 6.92 Å². The zero-order valence-corrected chi connectivity index (χ0v) is 18.2. The number of Topliss-reactive ketones (excluding diaryl/α,β-unsaturated/α-hetero) is 1. The molecule has 10 heteroatoms. The molecule has 2 aromatic rings. The number of nitrogens with one attached hydrogen (secondary N) is 3. The van der Waals surface area contributed by atoms with Crippen molar-refractivity contribution in [3.8, 4) is 5.75 Å². The van der Waals surface area contributed by atoms with Crippen LogP contribution in [0.1, 0.15) is 17.3 Å². The Kier molecular flexibility index (Phi) is 6.76. The van der Waals surface area contributed by atoms with E-state index in [0.717, 1.165) is 0 Å². The molecule has 33 heavy (non-hydrogen) atoms. The molecule has 0 aromatic heterocycles. The van der Waals surface area contributed by atoms with Gasteiger partial charge in [-0.1, -0.05) is 12.1 Å². The Hall–Kier alpha value is -3.63. The molecule has 2 heterocycles. The molecule has 10 nitrogen and oxygen atoms in total. The van der Waals surface area contributed by atoms with Crippen LogP contribution in [0.3, 0.4) is 0 Å². The Morgan fingerprint density at radius 1 is 0.939 bits per heavy atom. The first kappa shape index (κ1) is 22.6. The fraction of sp³-hybridized carbons (Fsp3) is 0.348. The summed E-state index contributed by atoms with van der Waals surface area (Å²) in [4.78, 5) is 36.2. The lowest BCUT2D eigenvalue weighted by Gasteiger charge is -2.18. The van der Waals surface area contributed by atoms with Crippen LogP contribution in [0.15, 0.2) is 48.5 Å². The van der Waals surface area contributed by atoms with Crippen molar-refractivity contribution in [1.82, 2.24) is 5.32 Å². The quantitative estimate of drug-likeness (QED) is 0.572. The maximum Gasteiger partial charge on any atom is 0.412 e. The van der Waals surface area contributed by atoms with Crippen LogP contribution in [0, 0.1) is 0 Å². The normalized spacial score (nSPS) is 23.3. The average Bonchev–Trinajstić information content (AvgIpc) is 3.37. The summed E-state index contributed by atoms with van der Waals surface area (Å²) in [5.74, 6) is 0.585. The highest BCUT2D eigenvalue weighted by Gasteiger charge is 2.50. The molecule has 0 unspecified atom stereocenters. The van der Waals surface area contributed by atoms with E-state index >= 15 is 0 Å². The van der Waals surface area contributed by atoms with Gasteiger partial charge in [0.25, 0.3) is 0 Å². The van der Waals surface area contributed by atoms with E-state index in [2.05, 4.69) is 16.0 Å². The second-order valence-electron chi connectivity index (χ2n) is 7.74. The monoisotopic (exact) mass is 455 g/mol. The fourth-order valence-electron chi connectivity index (χ4n) is 3.80. The molecule has 2 fully saturated rings. The Balaban J connectivity index is 1.27. The molecular weight excluding hydrogens is 430 g/mol. The number of amides is 3. The number of anilines is 2. The van der Waals surface area contributed by atoms with E-state index in [0.29, 0.717) is 22.7 Å². The van der Waals surface area contributed by atoms with Crippen molar-refractivity contribution in [2.75, 3.05) is 31.0 Å². The number of carbonyl (C=O) groups excluding carboxylic acids is 3. The van der Waals surface area contributed by atoms with Crippen molar-refractivity contribution in [2.24, 2.45) is 0 Å². The Labute approximate surface area is 190 Å². The molecule has 0 radical (unpaired) electrons. The molecule has 2 saturated heterocycles. The number of ether oxygens (including phenoxy) is 4. The Morgan fingerprint density at radius 3 is 2.42 bits per heavy atom. The minimum Gasteiger partial charge on any atom is -0.497 e. The van der Waals surface area contributed by atoms with Gasteiger partial charge in [-0.15, -0.1) is 0 Å². The first-order chi connectivity index (χ1) is 15.9. The number of rotatable bonds is 6. The zero-order valence-electron chi connectivity index (χ0n) is 18.2.